The van der Waals surface area contributed by atoms with E-state index >= 15 is 0 Å². The van der Waals surface area contributed by atoms with Crippen LogP contribution in [0.2, 0.25) is 0 Å². The van der Waals surface area contributed by atoms with Crippen molar-refractivity contribution in [2.24, 2.45) is 0 Å². The van der Waals surface area contributed by atoms with Crippen LogP contribution in [-0.2, 0) is 0 Å². The van der Waals surface area contributed by atoms with Gasteiger partial charge in [0, 0.05) is 5.39 Å². The molecule has 0 saturated heterocycles. The van der Waals surface area contributed by atoms with Crippen LogP contribution in [0.3, 0.4) is 0 Å². The summed E-state index contributed by atoms with van der Waals surface area (Å²) in [6.07, 6.45) is 0. The summed E-state index contributed by atoms with van der Waals surface area (Å²) in [4.78, 5) is 39.8. The molecule has 1 heterocycles. The van der Waals surface area contributed by atoms with Crippen molar-refractivity contribution in [1.29, 1.82) is 0 Å². The Balaban J connectivity index is 1.54. The number of esters is 1. The number of ether oxygens (including phenoxy) is 1. The van der Waals surface area contributed by atoms with Crippen molar-refractivity contribution in [2.75, 3.05) is 4.90 Å². The largest absolute Gasteiger partial charge is 0.422 e. The maximum Gasteiger partial charge on any atom is 0.345 e. The molecule has 30 heavy (non-hydrogen) atoms. The minimum absolute atomic E-state index is 0.139. The Morgan fingerprint density at radius 3 is 2.03 bits per heavy atom. The fraction of sp³-hybridized carbons (Fsp3) is 0. The van der Waals surface area contributed by atoms with Gasteiger partial charge in [0.15, 0.2) is 0 Å². The first-order chi connectivity index (χ1) is 14.6. The average molecular weight is 393 g/mol. The van der Waals surface area contributed by atoms with Crippen molar-refractivity contribution in [3.8, 4) is 5.75 Å². The third-order valence-corrected chi connectivity index (χ3v) is 5.11. The number of nitrogens with zero attached hydrogens (tertiary/aromatic N) is 1. The van der Waals surface area contributed by atoms with E-state index in [-0.39, 0.29) is 11.3 Å². The lowest BCUT2D eigenvalue weighted by molar-refractivity contribution is 0.0738. The van der Waals surface area contributed by atoms with Crippen LogP contribution in [0.4, 0.5) is 5.69 Å². The summed E-state index contributed by atoms with van der Waals surface area (Å²) in [5, 5.41) is 1.74. The Labute approximate surface area is 172 Å². The number of rotatable bonds is 3. The Hall–Kier alpha value is -4.25. The number of benzene rings is 4. The number of hydrogen-bond acceptors (Lipinski definition) is 4. The molecule has 0 radical (unpaired) electrons. The minimum atomic E-state index is -0.640. The van der Waals surface area contributed by atoms with E-state index in [0.29, 0.717) is 16.9 Å². The Bertz CT molecular complexity index is 1300. The minimum Gasteiger partial charge on any atom is -0.422 e. The van der Waals surface area contributed by atoms with Crippen LogP contribution in [0.15, 0.2) is 91.0 Å². The Morgan fingerprint density at radius 2 is 1.27 bits per heavy atom. The lowest BCUT2D eigenvalue weighted by atomic mass is 10.1. The molecular weight excluding hydrogens is 378 g/mol. The van der Waals surface area contributed by atoms with Crippen molar-refractivity contribution in [3.63, 3.8) is 0 Å². The van der Waals surface area contributed by atoms with Crippen LogP contribution in [0.5, 0.6) is 5.75 Å². The van der Waals surface area contributed by atoms with Gasteiger partial charge < -0.3 is 4.74 Å². The van der Waals surface area contributed by atoms with E-state index in [1.165, 1.54) is 0 Å². The number of fused-ring (bicyclic) bond motifs is 2. The van der Waals surface area contributed by atoms with Crippen LogP contribution in [0.1, 0.15) is 31.1 Å². The lowest BCUT2D eigenvalue weighted by Crippen LogP contribution is -2.31. The molecule has 5 rings (SSSR count). The first kappa shape index (κ1) is 17.8. The molecule has 0 aromatic heterocycles. The highest BCUT2D eigenvalue weighted by molar-refractivity contribution is 6.35. The SMILES string of the molecule is O=C(Oc1cccc2ccccc12)c1ccccc1N1C(=O)c2ccccc2C1=O. The van der Waals surface area contributed by atoms with E-state index in [2.05, 4.69) is 0 Å². The van der Waals surface area contributed by atoms with E-state index in [0.717, 1.165) is 15.7 Å². The molecule has 0 N–H and O–H groups in total. The summed E-state index contributed by atoms with van der Waals surface area (Å²) in [6, 6.07) is 26.1. The summed E-state index contributed by atoms with van der Waals surface area (Å²) in [5.41, 5.74) is 0.980. The molecule has 4 aromatic rings. The van der Waals surface area contributed by atoms with Gasteiger partial charge in [-0.15, -0.1) is 0 Å². The molecule has 1 aliphatic heterocycles. The van der Waals surface area contributed by atoms with Gasteiger partial charge in [0.2, 0.25) is 0 Å². The highest BCUT2D eigenvalue weighted by Gasteiger charge is 2.38. The van der Waals surface area contributed by atoms with Crippen molar-refractivity contribution >= 4 is 34.2 Å². The maximum absolute atomic E-state index is 13.1. The summed E-state index contributed by atoms with van der Waals surface area (Å²) in [5.74, 6) is -1.14. The predicted molar refractivity (Wildman–Crippen MR) is 113 cm³/mol. The van der Waals surface area contributed by atoms with Gasteiger partial charge in [-0.1, -0.05) is 60.7 Å². The zero-order valence-corrected chi connectivity index (χ0v) is 15.7. The van der Waals surface area contributed by atoms with E-state index in [1.807, 2.05) is 30.3 Å². The van der Waals surface area contributed by atoms with Crippen molar-refractivity contribution in [1.82, 2.24) is 0 Å². The number of carbonyl (C=O) groups is 3. The second-order valence-electron chi connectivity index (χ2n) is 6.88. The Kier molecular flexibility index (Phi) is 4.14. The zero-order chi connectivity index (χ0) is 20.7. The normalized spacial score (nSPS) is 12.9. The Morgan fingerprint density at radius 1 is 0.667 bits per heavy atom. The van der Waals surface area contributed by atoms with Gasteiger partial charge in [-0.25, -0.2) is 9.69 Å². The van der Waals surface area contributed by atoms with E-state index in [1.54, 1.807) is 60.7 Å². The van der Waals surface area contributed by atoms with Crippen molar-refractivity contribution in [2.45, 2.75) is 0 Å². The molecule has 144 valence electrons. The van der Waals surface area contributed by atoms with Gasteiger partial charge in [-0.2, -0.15) is 0 Å². The van der Waals surface area contributed by atoms with E-state index in [4.69, 9.17) is 4.74 Å². The van der Waals surface area contributed by atoms with Gasteiger partial charge in [-0.05, 0) is 35.7 Å². The molecular formula is C25H15NO4. The number of imide groups is 1. The molecule has 5 nitrogen and oxygen atoms in total. The summed E-state index contributed by atoms with van der Waals surface area (Å²) >= 11 is 0. The van der Waals surface area contributed by atoms with E-state index in [9.17, 15) is 14.4 Å². The fourth-order valence-electron chi connectivity index (χ4n) is 3.69. The molecule has 5 heteroatoms. The van der Waals surface area contributed by atoms with Gasteiger partial charge in [-0.3, -0.25) is 9.59 Å². The molecule has 0 bridgehead atoms. The predicted octanol–water partition coefficient (Wildman–Crippen LogP) is 4.86. The molecule has 0 aliphatic carbocycles. The summed E-state index contributed by atoms with van der Waals surface area (Å²) < 4.78 is 5.67. The third-order valence-electron chi connectivity index (χ3n) is 5.11. The zero-order valence-electron chi connectivity index (χ0n) is 15.7. The quantitative estimate of drug-likeness (QED) is 0.283. The van der Waals surface area contributed by atoms with E-state index < -0.39 is 17.8 Å². The number of carbonyl (C=O) groups excluding carboxylic acids is 3. The number of para-hydroxylation sites is 1. The second-order valence-corrected chi connectivity index (χ2v) is 6.88. The van der Waals surface area contributed by atoms with Crippen LogP contribution in [0.25, 0.3) is 10.8 Å². The fourth-order valence-corrected chi connectivity index (χ4v) is 3.69. The number of hydrogen-bond donors (Lipinski definition) is 0. The highest BCUT2D eigenvalue weighted by atomic mass is 16.5. The average Bonchev–Trinajstić information content (AvgIpc) is 3.04. The molecule has 0 saturated carbocycles. The van der Waals surface area contributed by atoms with Crippen LogP contribution < -0.4 is 9.64 Å². The molecule has 4 aromatic carbocycles. The summed E-state index contributed by atoms with van der Waals surface area (Å²) in [7, 11) is 0. The summed E-state index contributed by atoms with van der Waals surface area (Å²) in [6.45, 7) is 0. The molecule has 0 atom stereocenters. The van der Waals surface area contributed by atoms with Crippen LogP contribution >= 0.6 is 0 Å². The van der Waals surface area contributed by atoms with Gasteiger partial charge in [0.05, 0.1) is 22.4 Å². The first-order valence-corrected chi connectivity index (χ1v) is 9.42. The topological polar surface area (TPSA) is 63.7 Å². The van der Waals surface area contributed by atoms with Crippen molar-refractivity contribution in [3.05, 3.63) is 108 Å². The molecule has 0 unspecified atom stereocenters. The molecule has 1 aliphatic rings. The smallest absolute Gasteiger partial charge is 0.345 e. The number of amides is 2. The maximum atomic E-state index is 13.1. The molecule has 0 spiro atoms. The monoisotopic (exact) mass is 393 g/mol. The molecule has 2 amide bonds. The second kappa shape index (κ2) is 6.97. The van der Waals surface area contributed by atoms with Gasteiger partial charge in [0.1, 0.15) is 5.75 Å². The van der Waals surface area contributed by atoms with Gasteiger partial charge in [0.25, 0.3) is 11.8 Å². The highest BCUT2D eigenvalue weighted by Crippen LogP contribution is 2.32. The lowest BCUT2D eigenvalue weighted by Gasteiger charge is -2.17. The third kappa shape index (κ3) is 2.76. The number of anilines is 1. The van der Waals surface area contributed by atoms with Gasteiger partial charge >= 0.3 is 5.97 Å². The van der Waals surface area contributed by atoms with Crippen molar-refractivity contribution < 1.29 is 19.1 Å². The first-order valence-electron chi connectivity index (χ1n) is 9.42. The standard InChI is InChI=1S/C25H15NO4/c27-23-18-11-3-4-12-19(18)24(28)26(23)21-14-6-5-13-20(21)25(29)30-22-15-7-9-16-8-1-2-10-17(16)22/h1-15H. The van der Waals surface area contributed by atoms with Crippen LogP contribution in [-0.4, -0.2) is 17.8 Å². The van der Waals surface area contributed by atoms with Crippen LogP contribution in [0, 0.1) is 0 Å². The molecule has 0 fully saturated rings.